The summed E-state index contributed by atoms with van der Waals surface area (Å²) in [6, 6.07) is 8.29. The molecule has 3 nitrogen and oxygen atoms in total. The largest absolute Gasteiger partial charge is 0.388 e. The van der Waals surface area contributed by atoms with E-state index in [0.29, 0.717) is 13.0 Å². The van der Waals surface area contributed by atoms with Gasteiger partial charge in [-0.25, -0.2) is 0 Å². The Balaban J connectivity index is 1.56. The molecule has 21 heavy (non-hydrogen) atoms. The first-order valence-corrected chi connectivity index (χ1v) is 8.23. The fourth-order valence-electron chi connectivity index (χ4n) is 3.70. The number of carbonyl (C=O) groups is 1. The smallest absolute Gasteiger partial charge is 0.223 e. The molecule has 114 valence electrons. The lowest BCUT2D eigenvalue weighted by Crippen LogP contribution is -2.48. The lowest BCUT2D eigenvalue weighted by Gasteiger charge is -2.34. The van der Waals surface area contributed by atoms with Gasteiger partial charge in [-0.05, 0) is 36.8 Å². The van der Waals surface area contributed by atoms with Crippen LogP contribution in [-0.2, 0) is 17.6 Å². The maximum Gasteiger partial charge on any atom is 0.223 e. The fourth-order valence-corrected chi connectivity index (χ4v) is 3.70. The SMILES string of the molecule is O=C(NCC1(O)CCc2ccccc2C1)C1CCCCC1. The Morgan fingerprint density at radius 1 is 1.19 bits per heavy atom. The molecule has 1 atom stereocenters. The van der Waals surface area contributed by atoms with Crippen LogP contribution in [0.2, 0.25) is 0 Å². The number of benzene rings is 1. The molecule has 0 bridgehead atoms. The van der Waals surface area contributed by atoms with E-state index >= 15 is 0 Å². The van der Waals surface area contributed by atoms with E-state index in [2.05, 4.69) is 17.4 Å². The molecule has 1 aromatic carbocycles. The molecule has 1 aromatic rings. The van der Waals surface area contributed by atoms with Crippen LogP contribution < -0.4 is 5.32 Å². The minimum atomic E-state index is -0.779. The van der Waals surface area contributed by atoms with Crippen molar-refractivity contribution >= 4 is 5.91 Å². The minimum Gasteiger partial charge on any atom is -0.388 e. The Kier molecular flexibility index (Phi) is 4.29. The molecule has 3 heteroatoms. The van der Waals surface area contributed by atoms with E-state index in [1.54, 1.807) is 0 Å². The van der Waals surface area contributed by atoms with E-state index in [1.807, 2.05) is 12.1 Å². The van der Waals surface area contributed by atoms with Gasteiger partial charge in [0.05, 0.1) is 5.60 Å². The van der Waals surface area contributed by atoms with Gasteiger partial charge in [0.15, 0.2) is 0 Å². The van der Waals surface area contributed by atoms with Crippen LogP contribution in [0.5, 0.6) is 0 Å². The van der Waals surface area contributed by atoms with Crippen LogP contribution >= 0.6 is 0 Å². The molecule has 2 N–H and O–H groups in total. The number of aliphatic hydroxyl groups is 1. The number of hydrogen-bond donors (Lipinski definition) is 2. The summed E-state index contributed by atoms with van der Waals surface area (Å²) in [5.74, 6) is 0.306. The molecule has 0 saturated heterocycles. The summed E-state index contributed by atoms with van der Waals surface area (Å²) >= 11 is 0. The molecule has 3 rings (SSSR count). The highest BCUT2D eigenvalue weighted by molar-refractivity contribution is 5.78. The van der Waals surface area contributed by atoms with Gasteiger partial charge in [-0.3, -0.25) is 4.79 Å². The Labute approximate surface area is 126 Å². The summed E-state index contributed by atoms with van der Waals surface area (Å²) in [6.07, 6.45) is 7.87. The molecule has 2 aliphatic rings. The summed E-state index contributed by atoms with van der Waals surface area (Å²) in [5.41, 5.74) is 1.78. The summed E-state index contributed by atoms with van der Waals surface area (Å²) in [5, 5.41) is 13.8. The van der Waals surface area contributed by atoms with Crippen molar-refractivity contribution in [3.8, 4) is 0 Å². The van der Waals surface area contributed by atoms with Gasteiger partial charge in [0.1, 0.15) is 0 Å². The summed E-state index contributed by atoms with van der Waals surface area (Å²) in [6.45, 7) is 0.386. The number of carbonyl (C=O) groups excluding carboxylic acids is 1. The van der Waals surface area contributed by atoms with E-state index < -0.39 is 5.60 Å². The van der Waals surface area contributed by atoms with Gasteiger partial charge in [-0.1, -0.05) is 43.5 Å². The van der Waals surface area contributed by atoms with E-state index in [4.69, 9.17) is 0 Å². The van der Waals surface area contributed by atoms with Gasteiger partial charge in [-0.2, -0.15) is 0 Å². The van der Waals surface area contributed by atoms with Crippen molar-refractivity contribution in [1.29, 1.82) is 0 Å². The predicted molar refractivity (Wildman–Crippen MR) is 83.0 cm³/mol. The highest BCUT2D eigenvalue weighted by Crippen LogP contribution is 2.29. The van der Waals surface area contributed by atoms with E-state index in [0.717, 1.165) is 38.5 Å². The van der Waals surface area contributed by atoms with Crippen LogP contribution in [0, 0.1) is 5.92 Å². The van der Waals surface area contributed by atoms with Gasteiger partial charge in [0.2, 0.25) is 5.91 Å². The summed E-state index contributed by atoms with van der Waals surface area (Å²) in [4.78, 5) is 12.2. The molecule has 0 spiro atoms. The second-order valence-corrected chi connectivity index (χ2v) is 6.72. The number of nitrogens with one attached hydrogen (secondary N) is 1. The molecule has 1 saturated carbocycles. The zero-order valence-electron chi connectivity index (χ0n) is 12.6. The third-order valence-corrected chi connectivity index (χ3v) is 5.07. The van der Waals surface area contributed by atoms with Crippen LogP contribution in [0.15, 0.2) is 24.3 Å². The number of amides is 1. The van der Waals surface area contributed by atoms with Crippen LogP contribution in [-0.4, -0.2) is 23.2 Å². The molecule has 0 aromatic heterocycles. The third-order valence-electron chi connectivity index (χ3n) is 5.07. The standard InChI is InChI=1S/C18H25NO2/c20-17(15-7-2-1-3-8-15)19-13-18(21)11-10-14-6-4-5-9-16(14)12-18/h4-6,9,15,21H,1-3,7-8,10-13H2,(H,19,20). The topological polar surface area (TPSA) is 49.3 Å². The second kappa shape index (κ2) is 6.18. The van der Waals surface area contributed by atoms with E-state index in [9.17, 15) is 9.90 Å². The van der Waals surface area contributed by atoms with Crippen molar-refractivity contribution in [1.82, 2.24) is 5.32 Å². The lowest BCUT2D eigenvalue weighted by molar-refractivity contribution is -0.127. The fraction of sp³-hybridized carbons (Fsp3) is 0.611. The normalized spacial score (nSPS) is 26.1. The molecule has 0 aliphatic heterocycles. The van der Waals surface area contributed by atoms with Crippen LogP contribution in [0.25, 0.3) is 0 Å². The Morgan fingerprint density at radius 3 is 2.67 bits per heavy atom. The summed E-state index contributed by atoms with van der Waals surface area (Å²) in [7, 11) is 0. The maximum absolute atomic E-state index is 12.2. The van der Waals surface area contributed by atoms with Gasteiger partial charge in [0, 0.05) is 18.9 Å². The highest BCUT2D eigenvalue weighted by atomic mass is 16.3. The lowest BCUT2D eigenvalue weighted by atomic mass is 9.80. The van der Waals surface area contributed by atoms with Gasteiger partial charge >= 0.3 is 0 Å². The Hall–Kier alpha value is -1.35. The van der Waals surface area contributed by atoms with Crippen molar-refractivity contribution in [2.45, 2.75) is 57.0 Å². The van der Waals surface area contributed by atoms with Crippen molar-refractivity contribution in [3.63, 3.8) is 0 Å². The first-order chi connectivity index (χ1) is 10.2. The van der Waals surface area contributed by atoms with Crippen LogP contribution in [0.4, 0.5) is 0 Å². The average Bonchev–Trinajstić information content (AvgIpc) is 2.53. The average molecular weight is 287 g/mol. The molecular formula is C18H25NO2. The molecule has 0 radical (unpaired) electrons. The van der Waals surface area contributed by atoms with Gasteiger partial charge < -0.3 is 10.4 Å². The number of fused-ring (bicyclic) bond motifs is 1. The number of rotatable bonds is 3. The number of aryl methyl sites for hydroxylation is 1. The third kappa shape index (κ3) is 3.46. The first-order valence-electron chi connectivity index (χ1n) is 8.23. The van der Waals surface area contributed by atoms with E-state index in [1.165, 1.54) is 17.5 Å². The highest BCUT2D eigenvalue weighted by Gasteiger charge is 2.33. The first kappa shape index (κ1) is 14.6. The molecule has 0 heterocycles. The molecule has 1 fully saturated rings. The zero-order chi connectivity index (χ0) is 14.7. The van der Waals surface area contributed by atoms with Crippen molar-refractivity contribution in [2.75, 3.05) is 6.54 Å². The second-order valence-electron chi connectivity index (χ2n) is 6.72. The Bertz CT molecular complexity index is 508. The zero-order valence-corrected chi connectivity index (χ0v) is 12.6. The molecule has 2 aliphatic carbocycles. The quantitative estimate of drug-likeness (QED) is 0.898. The van der Waals surface area contributed by atoms with Crippen LogP contribution in [0.1, 0.15) is 49.7 Å². The molecule has 1 unspecified atom stereocenters. The maximum atomic E-state index is 12.2. The predicted octanol–water partition coefficient (Wildman–Crippen LogP) is 2.60. The van der Waals surface area contributed by atoms with Gasteiger partial charge in [-0.15, -0.1) is 0 Å². The van der Waals surface area contributed by atoms with Crippen molar-refractivity contribution < 1.29 is 9.90 Å². The minimum absolute atomic E-state index is 0.141. The Morgan fingerprint density at radius 2 is 1.90 bits per heavy atom. The number of hydrogen-bond acceptors (Lipinski definition) is 2. The summed E-state index contributed by atoms with van der Waals surface area (Å²) < 4.78 is 0. The van der Waals surface area contributed by atoms with Crippen LogP contribution in [0.3, 0.4) is 0 Å². The van der Waals surface area contributed by atoms with E-state index in [-0.39, 0.29) is 11.8 Å². The molecule has 1 amide bonds. The van der Waals surface area contributed by atoms with Crippen molar-refractivity contribution in [2.24, 2.45) is 5.92 Å². The van der Waals surface area contributed by atoms with Crippen molar-refractivity contribution in [3.05, 3.63) is 35.4 Å². The monoisotopic (exact) mass is 287 g/mol. The van der Waals surface area contributed by atoms with Gasteiger partial charge in [0.25, 0.3) is 0 Å². The molecular weight excluding hydrogens is 262 g/mol.